The highest BCUT2D eigenvalue weighted by atomic mass is 31.3. The molecule has 1 amide bonds. The summed E-state index contributed by atoms with van der Waals surface area (Å²) in [6.07, 6.45) is -0.573. The first-order chi connectivity index (χ1) is 16.8. The minimum absolute atomic E-state index is 0.0243. The van der Waals surface area contributed by atoms with Gasteiger partial charge in [-0.2, -0.15) is 9.11 Å². The van der Waals surface area contributed by atoms with E-state index in [0.717, 1.165) is 11.0 Å². The lowest BCUT2D eigenvalue weighted by Gasteiger charge is -2.15. The number of pyridine rings is 1. The minimum Gasteiger partial charge on any atom is -0.438 e. The molecule has 5 rings (SSSR count). The van der Waals surface area contributed by atoms with Crippen LogP contribution < -0.4 is 4.90 Å². The molecule has 3 aromatic rings. The van der Waals surface area contributed by atoms with Crippen LogP contribution in [0.1, 0.15) is 6.42 Å². The molecule has 2 aromatic heterocycles. The van der Waals surface area contributed by atoms with E-state index in [1.807, 2.05) is 0 Å². The van der Waals surface area contributed by atoms with E-state index >= 15 is 0 Å². The lowest BCUT2D eigenvalue weighted by molar-refractivity contribution is 0.0821. The molecule has 0 radical (unpaired) electrons. The number of carbonyl (C=O) groups excluding carboxylic acids is 1. The molecule has 3 heterocycles. The number of anilines is 1. The van der Waals surface area contributed by atoms with E-state index < -0.39 is 39.3 Å². The summed E-state index contributed by atoms with van der Waals surface area (Å²) in [5.41, 5.74) is -0.0384. The lowest BCUT2D eigenvalue weighted by atomic mass is 10.1. The van der Waals surface area contributed by atoms with Gasteiger partial charge in [-0.1, -0.05) is 6.07 Å². The molecule has 2 unspecified atom stereocenters. The van der Waals surface area contributed by atoms with Crippen LogP contribution >= 0.6 is 15.6 Å². The predicted octanol–water partition coefficient (Wildman–Crippen LogP) is 1.77. The number of aromatic nitrogens is 5. The van der Waals surface area contributed by atoms with Crippen molar-refractivity contribution < 1.29 is 46.6 Å². The first kappa shape index (κ1) is 24.6. The van der Waals surface area contributed by atoms with E-state index in [-0.39, 0.29) is 24.2 Å². The second-order valence-electron chi connectivity index (χ2n) is 8.06. The Morgan fingerprint density at radius 2 is 2.00 bits per heavy atom. The van der Waals surface area contributed by atoms with Crippen LogP contribution in [-0.2, 0) is 29.7 Å². The van der Waals surface area contributed by atoms with Crippen LogP contribution in [0, 0.1) is 5.82 Å². The summed E-state index contributed by atoms with van der Waals surface area (Å²) in [6.45, 7) is -0.146. The van der Waals surface area contributed by atoms with Crippen LogP contribution in [0.4, 0.5) is 14.9 Å². The summed E-state index contributed by atoms with van der Waals surface area (Å²) in [7, 11) is -8.80. The maximum Gasteiger partial charge on any atom is 0.481 e. The molecular weight excluding hydrogens is 525 g/mol. The molecule has 3 atom stereocenters. The van der Waals surface area contributed by atoms with Crippen molar-refractivity contribution in [3.05, 3.63) is 42.3 Å². The maximum absolute atomic E-state index is 15.0. The van der Waals surface area contributed by atoms with Gasteiger partial charge in [0.1, 0.15) is 17.6 Å². The fraction of sp³-hybridized carbons (Fsp3) is 0.278. The number of hydrogen-bond acceptors (Lipinski definition) is 10. The Morgan fingerprint density at radius 1 is 1.22 bits per heavy atom. The van der Waals surface area contributed by atoms with Gasteiger partial charge < -0.3 is 19.4 Å². The number of tetrazole rings is 1. The standard InChI is InChI=1S/C18H17FN6O9P2/c1-24-22-16(21-23-24)14-5-2-10(8-20-14)12-4-3-11(6-13(12)19)25-9-18(32-17(25)26)7-15(18)33-36(30,31)34-35(27,28)29/h2-6,8,15H,7,9H2,1H3,(H,30,31)(H2,27,28,29)/t15-,18?/m1/s1. The Hall–Kier alpha value is -3.10. The van der Waals surface area contributed by atoms with E-state index in [1.54, 1.807) is 19.2 Å². The fourth-order valence-corrected chi connectivity index (χ4v) is 5.56. The van der Waals surface area contributed by atoms with Crippen molar-refractivity contribution in [2.24, 2.45) is 7.05 Å². The Labute approximate surface area is 201 Å². The van der Waals surface area contributed by atoms with Crippen molar-refractivity contribution in [1.82, 2.24) is 25.2 Å². The lowest BCUT2D eigenvalue weighted by Crippen LogP contribution is -2.26. The van der Waals surface area contributed by atoms with Gasteiger partial charge in [0, 0.05) is 23.7 Å². The van der Waals surface area contributed by atoms with Crippen molar-refractivity contribution in [3.63, 3.8) is 0 Å². The monoisotopic (exact) mass is 542 g/mol. The molecule has 0 bridgehead atoms. The molecule has 1 aliphatic heterocycles. The van der Waals surface area contributed by atoms with Crippen LogP contribution in [0.5, 0.6) is 0 Å². The summed E-state index contributed by atoms with van der Waals surface area (Å²) in [5, 5.41) is 11.6. The maximum atomic E-state index is 15.0. The molecule has 1 saturated carbocycles. The molecule has 2 aliphatic rings. The summed E-state index contributed by atoms with van der Waals surface area (Å²) < 4.78 is 51.3. The second-order valence-corrected chi connectivity index (χ2v) is 10.8. The van der Waals surface area contributed by atoms with Crippen LogP contribution in [0.3, 0.4) is 0 Å². The minimum atomic E-state index is -5.30. The van der Waals surface area contributed by atoms with Crippen LogP contribution in [0.25, 0.3) is 22.6 Å². The molecule has 1 spiro atoms. The number of halogens is 1. The number of ether oxygens (including phenoxy) is 1. The van der Waals surface area contributed by atoms with Crippen LogP contribution in [0.2, 0.25) is 0 Å². The van der Waals surface area contributed by atoms with Crippen molar-refractivity contribution in [2.45, 2.75) is 18.1 Å². The fourth-order valence-electron chi connectivity index (χ4n) is 3.74. The van der Waals surface area contributed by atoms with Gasteiger partial charge in [-0.3, -0.25) is 14.4 Å². The highest BCUT2D eigenvalue weighted by Crippen LogP contribution is 2.62. The zero-order valence-electron chi connectivity index (χ0n) is 18.2. The highest BCUT2D eigenvalue weighted by Gasteiger charge is 2.67. The van der Waals surface area contributed by atoms with E-state index in [1.165, 1.54) is 23.1 Å². The van der Waals surface area contributed by atoms with Crippen LogP contribution in [0.15, 0.2) is 36.5 Å². The van der Waals surface area contributed by atoms with Gasteiger partial charge in [0.15, 0.2) is 5.60 Å². The van der Waals surface area contributed by atoms with Crippen molar-refractivity contribution >= 4 is 27.4 Å². The summed E-state index contributed by atoms with van der Waals surface area (Å²) >= 11 is 0. The first-order valence-electron chi connectivity index (χ1n) is 10.1. The summed E-state index contributed by atoms with van der Waals surface area (Å²) in [5.74, 6) is -0.332. The average Bonchev–Trinajstić information content (AvgIpc) is 3.07. The van der Waals surface area contributed by atoms with Crippen LogP contribution in [-0.4, -0.2) is 64.2 Å². The molecule has 190 valence electrons. The predicted molar refractivity (Wildman–Crippen MR) is 116 cm³/mol. The van der Waals surface area contributed by atoms with Crippen molar-refractivity contribution in [1.29, 1.82) is 0 Å². The Kier molecular flexibility index (Phi) is 5.80. The first-order valence-corrected chi connectivity index (χ1v) is 13.2. The summed E-state index contributed by atoms with van der Waals surface area (Å²) in [4.78, 5) is 46.0. The zero-order chi connectivity index (χ0) is 25.9. The van der Waals surface area contributed by atoms with Crippen molar-refractivity contribution in [2.75, 3.05) is 11.4 Å². The average molecular weight is 542 g/mol. The van der Waals surface area contributed by atoms with Gasteiger partial charge in [-0.15, -0.1) is 10.2 Å². The molecule has 2 fully saturated rings. The largest absolute Gasteiger partial charge is 0.481 e. The number of benzene rings is 1. The number of hydrogen-bond donors (Lipinski definition) is 3. The third kappa shape index (κ3) is 4.92. The summed E-state index contributed by atoms with van der Waals surface area (Å²) in [6, 6.07) is 7.32. The number of aryl methyl sites for hydroxylation is 1. The third-order valence-corrected chi connectivity index (χ3v) is 7.64. The van der Waals surface area contributed by atoms with E-state index in [2.05, 4.69) is 24.7 Å². The molecule has 15 nitrogen and oxygen atoms in total. The molecule has 1 aromatic carbocycles. The van der Waals surface area contributed by atoms with Gasteiger partial charge in [0.2, 0.25) is 5.82 Å². The number of carbonyl (C=O) groups is 1. The van der Waals surface area contributed by atoms with Gasteiger partial charge in [0.25, 0.3) is 0 Å². The van der Waals surface area contributed by atoms with Gasteiger partial charge in [0.05, 0.1) is 19.3 Å². The van der Waals surface area contributed by atoms with E-state index in [4.69, 9.17) is 19.0 Å². The molecule has 3 N–H and O–H groups in total. The molecule has 36 heavy (non-hydrogen) atoms. The molecular formula is C18H17FN6O9P2. The highest BCUT2D eigenvalue weighted by molar-refractivity contribution is 7.60. The normalized spacial score (nSPS) is 23.1. The van der Waals surface area contributed by atoms with E-state index in [9.17, 15) is 23.2 Å². The molecule has 1 saturated heterocycles. The topological polar surface area (TPSA) is 199 Å². The second kappa shape index (κ2) is 8.49. The number of nitrogens with zero attached hydrogens (tertiary/aromatic N) is 6. The van der Waals surface area contributed by atoms with Gasteiger partial charge in [-0.05, 0) is 29.5 Å². The van der Waals surface area contributed by atoms with E-state index in [0.29, 0.717) is 17.1 Å². The quantitative estimate of drug-likeness (QED) is 0.365. The smallest absolute Gasteiger partial charge is 0.438 e. The van der Waals surface area contributed by atoms with Gasteiger partial charge in [-0.25, -0.2) is 18.3 Å². The molecule has 1 aliphatic carbocycles. The zero-order valence-corrected chi connectivity index (χ0v) is 20.0. The Morgan fingerprint density at radius 3 is 2.61 bits per heavy atom. The van der Waals surface area contributed by atoms with Gasteiger partial charge >= 0.3 is 21.7 Å². The molecule has 18 heteroatoms. The number of phosphoric ester groups is 1. The third-order valence-electron chi connectivity index (χ3n) is 5.44. The SMILES string of the molecule is Cn1nnc(-c2ccc(-c3ccc(N4CC5(C[C@H]5OP(=O)(O)OP(=O)(O)O)OC4=O)cc3F)cn2)n1. The Balaban J connectivity index is 1.29. The number of phosphoric acid groups is 2. The number of rotatable bonds is 7. The Bertz CT molecular complexity index is 1450. The van der Waals surface area contributed by atoms with Crippen molar-refractivity contribution in [3.8, 4) is 22.6 Å². The number of amides is 1.